The summed E-state index contributed by atoms with van der Waals surface area (Å²) < 4.78 is 29.4. The molecule has 0 atom stereocenters. The van der Waals surface area contributed by atoms with Crippen molar-refractivity contribution in [2.75, 3.05) is 5.75 Å². The van der Waals surface area contributed by atoms with E-state index in [1.807, 2.05) is 35.9 Å². The number of hydrogen-bond acceptors (Lipinski definition) is 4. The second-order valence-corrected chi connectivity index (χ2v) is 9.66. The lowest BCUT2D eigenvalue weighted by atomic mass is 10.2. The SMILES string of the molecule is CCCCCS(=O)(=O)N(Cc1c(C)nn(C)c1-n1ccc2cc(Cl)ccc21)C(=O)O. The molecule has 0 radical (unpaired) electrons. The number of rotatable bonds is 8. The molecule has 8 nitrogen and oxygen atoms in total. The Kier molecular flexibility index (Phi) is 6.42. The first kappa shape index (κ1) is 22.2. The Bertz CT molecular complexity index is 1180. The maximum absolute atomic E-state index is 12.7. The average Bonchev–Trinajstić information content (AvgIpc) is 3.18. The van der Waals surface area contributed by atoms with Crippen LogP contribution in [0.25, 0.3) is 16.7 Å². The number of benzene rings is 1. The van der Waals surface area contributed by atoms with Crippen molar-refractivity contribution in [2.24, 2.45) is 7.05 Å². The highest BCUT2D eigenvalue weighted by molar-refractivity contribution is 7.89. The summed E-state index contributed by atoms with van der Waals surface area (Å²) in [7, 11) is -2.22. The van der Waals surface area contributed by atoms with Gasteiger partial charge in [0, 0.05) is 29.2 Å². The zero-order valence-electron chi connectivity index (χ0n) is 17.2. The average molecular weight is 453 g/mol. The van der Waals surface area contributed by atoms with Gasteiger partial charge in [-0.05, 0) is 37.6 Å². The van der Waals surface area contributed by atoms with Crippen molar-refractivity contribution in [2.45, 2.75) is 39.7 Å². The number of hydrogen-bond donors (Lipinski definition) is 1. The quantitative estimate of drug-likeness (QED) is 0.513. The predicted molar refractivity (Wildman–Crippen MR) is 117 cm³/mol. The first-order chi connectivity index (χ1) is 14.2. The van der Waals surface area contributed by atoms with E-state index in [1.165, 1.54) is 0 Å². The molecule has 162 valence electrons. The topological polar surface area (TPSA) is 97.4 Å². The minimum atomic E-state index is -3.96. The van der Waals surface area contributed by atoms with Crippen LogP contribution in [0.4, 0.5) is 4.79 Å². The van der Waals surface area contributed by atoms with Gasteiger partial charge in [0.1, 0.15) is 5.82 Å². The van der Waals surface area contributed by atoms with Crippen molar-refractivity contribution >= 4 is 38.6 Å². The molecular formula is C20H25ClN4O4S. The lowest BCUT2D eigenvalue weighted by Crippen LogP contribution is -2.37. The van der Waals surface area contributed by atoms with Gasteiger partial charge in [-0.1, -0.05) is 31.4 Å². The minimum Gasteiger partial charge on any atom is -0.464 e. The van der Waals surface area contributed by atoms with Crippen LogP contribution in [-0.4, -0.2) is 44.0 Å². The van der Waals surface area contributed by atoms with Gasteiger partial charge < -0.3 is 9.67 Å². The summed E-state index contributed by atoms with van der Waals surface area (Å²) in [6.07, 6.45) is 2.33. The highest BCUT2D eigenvalue weighted by Crippen LogP contribution is 2.28. The van der Waals surface area contributed by atoms with Gasteiger partial charge in [0.05, 0.1) is 23.5 Å². The lowest BCUT2D eigenvalue weighted by molar-refractivity contribution is 0.170. The van der Waals surface area contributed by atoms with Crippen LogP contribution < -0.4 is 0 Å². The number of aryl methyl sites for hydroxylation is 2. The maximum Gasteiger partial charge on any atom is 0.421 e. The summed E-state index contributed by atoms with van der Waals surface area (Å²) in [4.78, 5) is 11.8. The number of aromatic nitrogens is 3. The Labute approximate surface area is 180 Å². The molecule has 10 heteroatoms. The van der Waals surface area contributed by atoms with E-state index in [0.717, 1.165) is 23.7 Å². The second kappa shape index (κ2) is 8.69. The largest absolute Gasteiger partial charge is 0.464 e. The Balaban J connectivity index is 2.05. The molecule has 0 aliphatic heterocycles. The molecule has 3 rings (SSSR count). The van der Waals surface area contributed by atoms with Crippen molar-refractivity contribution in [3.05, 3.63) is 46.7 Å². The molecule has 0 unspecified atom stereocenters. The predicted octanol–water partition coefficient (Wildman–Crippen LogP) is 4.33. The highest BCUT2D eigenvalue weighted by Gasteiger charge is 2.30. The molecule has 0 saturated heterocycles. The fourth-order valence-corrected chi connectivity index (χ4v) is 5.08. The fraction of sp³-hybridized carbons (Fsp3) is 0.400. The standard InChI is InChI=1S/C20H25ClN4O4S/c1-4-5-6-11-30(28,29)25(20(26)27)13-17-14(2)22-23(3)19(17)24-10-9-15-12-16(21)7-8-18(15)24/h7-10,12H,4-6,11,13H2,1-3H3,(H,26,27). The number of carboxylic acid groups (broad SMARTS) is 1. The fourth-order valence-electron chi connectivity index (χ4n) is 3.55. The number of halogens is 1. The van der Waals surface area contributed by atoms with Crippen molar-refractivity contribution < 1.29 is 18.3 Å². The summed E-state index contributed by atoms with van der Waals surface area (Å²) in [5.74, 6) is 0.409. The molecular weight excluding hydrogens is 428 g/mol. The van der Waals surface area contributed by atoms with Gasteiger partial charge in [-0.2, -0.15) is 9.40 Å². The van der Waals surface area contributed by atoms with Gasteiger partial charge in [-0.3, -0.25) is 4.68 Å². The van der Waals surface area contributed by atoms with Crippen LogP contribution in [0.2, 0.25) is 5.02 Å². The third kappa shape index (κ3) is 4.32. The first-order valence-electron chi connectivity index (χ1n) is 9.68. The van der Waals surface area contributed by atoms with Crippen LogP contribution >= 0.6 is 11.6 Å². The molecule has 1 amide bonds. The third-order valence-corrected chi connectivity index (χ3v) is 7.05. The van der Waals surface area contributed by atoms with Gasteiger partial charge in [0.2, 0.25) is 10.0 Å². The minimum absolute atomic E-state index is 0.202. The van der Waals surface area contributed by atoms with Crippen molar-refractivity contribution in [3.8, 4) is 5.82 Å². The molecule has 2 aromatic heterocycles. The summed E-state index contributed by atoms with van der Waals surface area (Å²) in [6, 6.07) is 7.35. The number of amides is 1. The lowest BCUT2D eigenvalue weighted by Gasteiger charge is -2.20. The Morgan fingerprint density at radius 1 is 1.27 bits per heavy atom. The van der Waals surface area contributed by atoms with Gasteiger partial charge in [0.15, 0.2) is 0 Å². The van der Waals surface area contributed by atoms with Gasteiger partial charge in [0.25, 0.3) is 0 Å². The zero-order valence-corrected chi connectivity index (χ0v) is 18.7. The van der Waals surface area contributed by atoms with Crippen LogP contribution in [0.1, 0.15) is 37.4 Å². The van der Waals surface area contributed by atoms with Crippen LogP contribution in [-0.2, 0) is 23.6 Å². The smallest absolute Gasteiger partial charge is 0.421 e. The Morgan fingerprint density at radius 3 is 2.67 bits per heavy atom. The number of nitrogens with zero attached hydrogens (tertiary/aromatic N) is 4. The van der Waals surface area contributed by atoms with E-state index in [0.29, 0.717) is 32.8 Å². The zero-order chi connectivity index (χ0) is 22.1. The van der Waals surface area contributed by atoms with Crippen LogP contribution in [0.15, 0.2) is 30.5 Å². The van der Waals surface area contributed by atoms with E-state index in [-0.39, 0.29) is 12.3 Å². The second-order valence-electron chi connectivity index (χ2n) is 7.21. The summed E-state index contributed by atoms with van der Waals surface area (Å²) in [6.45, 7) is 3.40. The third-order valence-electron chi connectivity index (χ3n) is 5.05. The van der Waals surface area contributed by atoms with E-state index in [1.54, 1.807) is 24.7 Å². The van der Waals surface area contributed by atoms with Gasteiger partial charge in [-0.15, -0.1) is 0 Å². The van der Waals surface area contributed by atoms with E-state index < -0.39 is 16.1 Å². The number of carbonyl (C=O) groups is 1. The van der Waals surface area contributed by atoms with E-state index in [9.17, 15) is 18.3 Å². The summed E-state index contributed by atoms with van der Waals surface area (Å²) in [5.41, 5.74) is 1.96. The van der Waals surface area contributed by atoms with Crippen LogP contribution in [0, 0.1) is 6.92 Å². The Morgan fingerprint density at radius 2 is 2.00 bits per heavy atom. The molecule has 2 heterocycles. The molecule has 0 spiro atoms. The van der Waals surface area contributed by atoms with Crippen molar-refractivity contribution in [1.82, 2.24) is 18.7 Å². The molecule has 1 aromatic carbocycles. The highest BCUT2D eigenvalue weighted by atomic mass is 35.5. The molecule has 3 aromatic rings. The number of sulfonamides is 1. The molecule has 0 bridgehead atoms. The van der Waals surface area contributed by atoms with Crippen LogP contribution in [0.3, 0.4) is 0 Å². The Hall–Kier alpha value is -2.52. The van der Waals surface area contributed by atoms with E-state index >= 15 is 0 Å². The molecule has 30 heavy (non-hydrogen) atoms. The first-order valence-corrected chi connectivity index (χ1v) is 11.7. The summed E-state index contributed by atoms with van der Waals surface area (Å²) >= 11 is 6.08. The molecule has 0 saturated carbocycles. The van der Waals surface area contributed by atoms with Crippen LogP contribution in [0.5, 0.6) is 0 Å². The van der Waals surface area contributed by atoms with Gasteiger partial charge >= 0.3 is 6.09 Å². The van der Waals surface area contributed by atoms with E-state index in [4.69, 9.17) is 11.6 Å². The number of fused-ring (bicyclic) bond motifs is 1. The summed E-state index contributed by atoms with van der Waals surface area (Å²) in [5, 5.41) is 15.6. The molecule has 0 aliphatic rings. The van der Waals surface area contributed by atoms with E-state index in [2.05, 4.69) is 5.10 Å². The molecule has 0 aliphatic carbocycles. The maximum atomic E-state index is 12.7. The monoisotopic (exact) mass is 452 g/mol. The van der Waals surface area contributed by atoms with Crippen molar-refractivity contribution in [1.29, 1.82) is 0 Å². The van der Waals surface area contributed by atoms with Gasteiger partial charge in [-0.25, -0.2) is 13.2 Å². The normalized spacial score (nSPS) is 11.9. The number of unbranched alkanes of at least 4 members (excludes halogenated alkanes) is 2. The van der Waals surface area contributed by atoms with Crippen molar-refractivity contribution in [3.63, 3.8) is 0 Å². The molecule has 0 fully saturated rings. The molecule has 1 N–H and O–H groups in total.